The first-order valence-corrected chi connectivity index (χ1v) is 10.0. The van der Waals surface area contributed by atoms with Crippen LogP contribution in [0, 0.1) is 11.3 Å². The van der Waals surface area contributed by atoms with Gasteiger partial charge in [0, 0.05) is 16.7 Å². The molecule has 27 heavy (non-hydrogen) atoms. The highest BCUT2D eigenvalue weighted by molar-refractivity contribution is 8.22. The zero-order valence-electron chi connectivity index (χ0n) is 15.1. The van der Waals surface area contributed by atoms with Crippen molar-refractivity contribution in [2.45, 2.75) is 25.2 Å². The van der Waals surface area contributed by atoms with Crippen molar-refractivity contribution in [2.75, 3.05) is 6.61 Å². The van der Waals surface area contributed by atoms with E-state index in [1.807, 2.05) is 25.1 Å². The van der Waals surface area contributed by atoms with Gasteiger partial charge in [-0.3, -0.25) is 4.79 Å². The molecule has 0 bridgehead atoms. The predicted molar refractivity (Wildman–Crippen MR) is 106 cm³/mol. The number of carbonyl (C=O) groups excluding carboxylic acids is 1. The largest absolute Gasteiger partial charge is 0.507 e. The summed E-state index contributed by atoms with van der Waals surface area (Å²) in [7, 11) is -0.597. The minimum Gasteiger partial charge on any atom is -0.507 e. The molecule has 2 aromatic rings. The average molecular weight is 380 g/mol. The molecular weight excluding hydrogens is 360 g/mol. The second kappa shape index (κ2) is 8.11. The maximum atomic E-state index is 11.6. The Hall–Kier alpha value is -3.04. The second-order valence-corrected chi connectivity index (χ2v) is 7.96. The summed E-state index contributed by atoms with van der Waals surface area (Å²) in [5.74, 6) is 0.423. The summed E-state index contributed by atoms with van der Waals surface area (Å²) >= 11 is 0. The molecule has 0 aliphatic carbocycles. The van der Waals surface area contributed by atoms with E-state index in [0.29, 0.717) is 35.6 Å². The molecule has 1 atom stereocenters. The number of aromatic nitrogens is 1. The third-order valence-electron chi connectivity index (χ3n) is 4.28. The monoisotopic (exact) mass is 380 g/mol. The van der Waals surface area contributed by atoms with E-state index in [4.69, 9.17) is 10.00 Å². The number of phenolic OH excluding ortho intramolecular Hbond substituents is 1. The van der Waals surface area contributed by atoms with Crippen LogP contribution in [0.2, 0.25) is 0 Å². The molecule has 0 fully saturated rings. The Bertz CT molecular complexity index is 972. The van der Waals surface area contributed by atoms with E-state index in [9.17, 15) is 9.90 Å². The molecule has 1 unspecified atom stereocenters. The lowest BCUT2D eigenvalue weighted by molar-refractivity contribution is 0.101. The molecule has 0 spiro atoms. The van der Waals surface area contributed by atoms with Crippen LogP contribution in [-0.2, 0) is 6.42 Å². The SMILES string of the molecule is CCc1c(OCC2=C[SH](c3ccc(C#N)nc3)C=C2)ccc(C(C)=O)c1O. The van der Waals surface area contributed by atoms with Crippen LogP contribution in [0.5, 0.6) is 11.5 Å². The first-order chi connectivity index (χ1) is 13.0. The maximum absolute atomic E-state index is 11.6. The fourth-order valence-electron chi connectivity index (χ4n) is 2.83. The number of phenols is 1. The van der Waals surface area contributed by atoms with Crippen molar-refractivity contribution in [2.24, 2.45) is 0 Å². The number of hydrogen-bond acceptors (Lipinski definition) is 5. The van der Waals surface area contributed by atoms with Gasteiger partial charge in [-0.2, -0.15) is 16.2 Å². The maximum Gasteiger partial charge on any atom is 0.163 e. The third kappa shape index (κ3) is 4.04. The molecule has 3 rings (SSSR count). The molecule has 0 saturated carbocycles. The summed E-state index contributed by atoms with van der Waals surface area (Å²) in [6.07, 6.45) is 4.34. The van der Waals surface area contributed by atoms with Crippen molar-refractivity contribution in [1.29, 1.82) is 5.26 Å². The number of nitrogens with zero attached hydrogens (tertiary/aromatic N) is 2. The van der Waals surface area contributed by atoms with Crippen LogP contribution < -0.4 is 4.74 Å². The summed E-state index contributed by atoms with van der Waals surface area (Å²) in [6.45, 7) is 3.73. The van der Waals surface area contributed by atoms with Gasteiger partial charge in [0.1, 0.15) is 29.9 Å². The van der Waals surface area contributed by atoms with E-state index in [2.05, 4.69) is 15.8 Å². The molecule has 1 aromatic heterocycles. The number of ketones is 1. The number of nitriles is 1. The Kier molecular flexibility index (Phi) is 5.63. The molecule has 0 radical (unpaired) electrons. The zero-order valence-corrected chi connectivity index (χ0v) is 16.0. The second-order valence-electron chi connectivity index (χ2n) is 6.08. The van der Waals surface area contributed by atoms with Gasteiger partial charge in [-0.1, -0.05) is 6.92 Å². The van der Waals surface area contributed by atoms with Crippen LogP contribution in [0.1, 0.15) is 35.5 Å². The number of benzene rings is 1. The van der Waals surface area contributed by atoms with Gasteiger partial charge in [-0.05, 0) is 60.1 Å². The summed E-state index contributed by atoms with van der Waals surface area (Å²) in [5, 5.41) is 23.4. The van der Waals surface area contributed by atoms with E-state index in [0.717, 1.165) is 10.5 Å². The molecule has 1 aliphatic rings. The van der Waals surface area contributed by atoms with E-state index in [1.54, 1.807) is 24.4 Å². The number of carbonyl (C=O) groups is 1. The number of Topliss-reactive ketones (excluding diaryl/α,β-unsaturated/α-hetero) is 1. The Morgan fingerprint density at radius 1 is 1.33 bits per heavy atom. The third-order valence-corrected chi connectivity index (χ3v) is 6.22. The zero-order chi connectivity index (χ0) is 19.4. The molecular formula is C21H20N2O3S. The van der Waals surface area contributed by atoms with Gasteiger partial charge in [-0.15, -0.1) is 0 Å². The van der Waals surface area contributed by atoms with Gasteiger partial charge in [-0.25, -0.2) is 4.98 Å². The fraction of sp³-hybridized carbons (Fsp3) is 0.190. The molecule has 2 heterocycles. The highest BCUT2D eigenvalue weighted by atomic mass is 32.2. The highest BCUT2D eigenvalue weighted by Gasteiger charge is 2.16. The van der Waals surface area contributed by atoms with Crippen molar-refractivity contribution < 1.29 is 14.6 Å². The Balaban J connectivity index is 1.72. The highest BCUT2D eigenvalue weighted by Crippen LogP contribution is 2.44. The predicted octanol–water partition coefficient (Wildman–Crippen LogP) is 4.27. The van der Waals surface area contributed by atoms with Crippen LogP contribution in [0.4, 0.5) is 0 Å². The molecule has 6 heteroatoms. The lowest BCUT2D eigenvalue weighted by atomic mass is 10.0. The van der Waals surface area contributed by atoms with Gasteiger partial charge in [0.15, 0.2) is 5.78 Å². The van der Waals surface area contributed by atoms with Crippen LogP contribution in [0.3, 0.4) is 0 Å². The van der Waals surface area contributed by atoms with E-state index in [1.165, 1.54) is 6.92 Å². The Morgan fingerprint density at radius 2 is 2.15 bits per heavy atom. The molecule has 138 valence electrons. The summed E-state index contributed by atoms with van der Waals surface area (Å²) in [4.78, 5) is 16.8. The summed E-state index contributed by atoms with van der Waals surface area (Å²) in [5.41, 5.74) is 2.41. The number of thiol groups is 1. The van der Waals surface area contributed by atoms with Crippen molar-refractivity contribution in [3.05, 3.63) is 69.7 Å². The number of aromatic hydroxyl groups is 1. The van der Waals surface area contributed by atoms with Crippen LogP contribution in [-0.4, -0.2) is 22.5 Å². The number of hydrogen-bond donors (Lipinski definition) is 2. The van der Waals surface area contributed by atoms with Gasteiger partial charge in [0.2, 0.25) is 0 Å². The van der Waals surface area contributed by atoms with Crippen LogP contribution in [0.15, 0.2) is 57.8 Å². The van der Waals surface area contributed by atoms with Crippen LogP contribution in [0.25, 0.3) is 0 Å². The molecule has 1 N–H and O–H groups in total. The van der Waals surface area contributed by atoms with Gasteiger partial charge >= 0.3 is 0 Å². The van der Waals surface area contributed by atoms with Crippen LogP contribution >= 0.6 is 10.9 Å². The molecule has 1 aromatic carbocycles. The van der Waals surface area contributed by atoms with E-state index < -0.39 is 10.9 Å². The van der Waals surface area contributed by atoms with Gasteiger partial charge < -0.3 is 9.84 Å². The van der Waals surface area contributed by atoms with E-state index in [-0.39, 0.29) is 11.5 Å². The summed E-state index contributed by atoms with van der Waals surface area (Å²) < 4.78 is 5.91. The topological polar surface area (TPSA) is 83.2 Å². The quantitative estimate of drug-likeness (QED) is 0.577. The van der Waals surface area contributed by atoms with E-state index >= 15 is 0 Å². The van der Waals surface area contributed by atoms with Crippen molar-refractivity contribution in [3.63, 3.8) is 0 Å². The first kappa shape index (κ1) is 18.7. The van der Waals surface area contributed by atoms with Gasteiger partial charge in [0.05, 0.1) is 5.56 Å². The fourth-order valence-corrected chi connectivity index (χ4v) is 4.55. The minimum absolute atomic E-state index is 0.00403. The van der Waals surface area contributed by atoms with Crippen molar-refractivity contribution in [3.8, 4) is 17.6 Å². The number of pyridine rings is 1. The Labute approximate surface area is 161 Å². The van der Waals surface area contributed by atoms with Crippen molar-refractivity contribution in [1.82, 2.24) is 4.98 Å². The number of rotatable bonds is 6. The summed E-state index contributed by atoms with van der Waals surface area (Å²) in [6, 6.07) is 9.00. The molecule has 0 amide bonds. The normalized spacial score (nSPS) is 16.6. The standard InChI is InChI=1S/C21H20N2O3S/c1-3-18-20(7-6-19(14(2)24)21(18)25)26-12-15-8-9-27(13-15)17-5-4-16(10-22)23-11-17/h4-9,11,13,25,27H,3,12H2,1-2H3. The Morgan fingerprint density at radius 3 is 2.78 bits per heavy atom. The lowest BCUT2D eigenvalue weighted by Gasteiger charge is -2.14. The van der Waals surface area contributed by atoms with Gasteiger partial charge in [0.25, 0.3) is 0 Å². The van der Waals surface area contributed by atoms with Crippen molar-refractivity contribution >= 4 is 16.7 Å². The molecule has 1 aliphatic heterocycles. The minimum atomic E-state index is -0.597. The first-order valence-electron chi connectivity index (χ1n) is 8.55. The smallest absolute Gasteiger partial charge is 0.163 e. The molecule has 5 nitrogen and oxygen atoms in total. The molecule has 0 saturated heterocycles. The lowest BCUT2D eigenvalue weighted by Crippen LogP contribution is -2.03. The average Bonchev–Trinajstić information content (AvgIpc) is 3.15. The number of ether oxygens (including phenoxy) is 1.